The van der Waals surface area contributed by atoms with Crippen LogP contribution in [0.15, 0.2) is 12.3 Å². The lowest BCUT2D eigenvalue weighted by molar-refractivity contribution is 0.0946. The van der Waals surface area contributed by atoms with E-state index in [9.17, 15) is 9.18 Å². The Hall–Kier alpha value is -1.65. The number of amides is 1. The van der Waals surface area contributed by atoms with Gasteiger partial charge in [0.05, 0.1) is 11.8 Å². The van der Waals surface area contributed by atoms with Gasteiger partial charge in [0.25, 0.3) is 5.91 Å². The molecule has 0 aliphatic heterocycles. The molecular weight excluding hydrogens is 245 g/mol. The lowest BCUT2D eigenvalue weighted by Crippen LogP contribution is -2.30. The van der Waals surface area contributed by atoms with Gasteiger partial charge in [-0.25, -0.2) is 9.37 Å². The summed E-state index contributed by atoms with van der Waals surface area (Å²) in [5, 5.41) is 5.83. The van der Waals surface area contributed by atoms with Gasteiger partial charge < -0.3 is 10.6 Å². The Morgan fingerprint density at radius 3 is 2.95 bits per heavy atom. The van der Waals surface area contributed by atoms with Crippen LogP contribution in [-0.2, 0) is 0 Å². The van der Waals surface area contributed by atoms with Gasteiger partial charge in [-0.2, -0.15) is 0 Å². The lowest BCUT2D eigenvalue weighted by Gasteiger charge is -2.13. The molecule has 1 fully saturated rings. The van der Waals surface area contributed by atoms with Crippen molar-refractivity contribution in [3.63, 3.8) is 0 Å². The maximum absolute atomic E-state index is 13.2. The van der Waals surface area contributed by atoms with Crippen molar-refractivity contribution in [1.29, 1.82) is 0 Å². The fourth-order valence-corrected chi connectivity index (χ4v) is 2.10. The molecule has 0 spiro atoms. The Morgan fingerprint density at radius 2 is 2.32 bits per heavy atom. The molecule has 1 aliphatic carbocycles. The monoisotopic (exact) mass is 265 g/mol. The van der Waals surface area contributed by atoms with Crippen molar-refractivity contribution in [2.24, 2.45) is 11.8 Å². The molecule has 2 N–H and O–H groups in total. The summed E-state index contributed by atoms with van der Waals surface area (Å²) in [6, 6.07) is 1.22. The zero-order valence-corrected chi connectivity index (χ0v) is 11.4. The second-order valence-corrected chi connectivity index (χ2v) is 5.10. The van der Waals surface area contributed by atoms with E-state index < -0.39 is 5.82 Å². The highest BCUT2D eigenvalue weighted by molar-refractivity contribution is 5.98. The molecule has 1 aliphatic rings. The number of pyridine rings is 1. The Labute approximate surface area is 112 Å². The van der Waals surface area contributed by atoms with E-state index >= 15 is 0 Å². The number of hydrogen-bond donors (Lipinski definition) is 2. The fourth-order valence-electron chi connectivity index (χ4n) is 2.10. The summed E-state index contributed by atoms with van der Waals surface area (Å²) in [5.74, 6) is 0.880. The normalized spacial score (nSPS) is 15.9. The molecule has 104 valence electrons. The van der Waals surface area contributed by atoms with Gasteiger partial charge in [-0.1, -0.05) is 6.92 Å². The smallest absolute Gasteiger partial charge is 0.255 e. The first-order valence-corrected chi connectivity index (χ1v) is 6.79. The Kier molecular flexibility index (Phi) is 4.35. The second kappa shape index (κ2) is 5.99. The van der Waals surface area contributed by atoms with E-state index in [-0.39, 0.29) is 11.5 Å². The van der Waals surface area contributed by atoms with Crippen molar-refractivity contribution in [2.45, 2.75) is 26.7 Å². The van der Waals surface area contributed by atoms with Crippen molar-refractivity contribution in [3.8, 4) is 0 Å². The zero-order valence-electron chi connectivity index (χ0n) is 11.4. The molecule has 5 heteroatoms. The van der Waals surface area contributed by atoms with Crippen LogP contribution in [0.2, 0.25) is 0 Å². The third-order valence-corrected chi connectivity index (χ3v) is 3.45. The van der Waals surface area contributed by atoms with Gasteiger partial charge in [0.15, 0.2) is 0 Å². The molecular formula is C14H20FN3O. The minimum absolute atomic E-state index is 0.268. The van der Waals surface area contributed by atoms with E-state index in [0.717, 1.165) is 12.1 Å². The zero-order chi connectivity index (χ0) is 13.8. The van der Waals surface area contributed by atoms with Gasteiger partial charge in [0, 0.05) is 13.1 Å². The minimum Gasteiger partial charge on any atom is -0.370 e. The molecule has 0 bridgehead atoms. The van der Waals surface area contributed by atoms with Crippen LogP contribution in [0, 0.1) is 17.7 Å². The van der Waals surface area contributed by atoms with Crippen LogP contribution in [0.5, 0.6) is 0 Å². The van der Waals surface area contributed by atoms with Gasteiger partial charge in [0.1, 0.15) is 11.6 Å². The van der Waals surface area contributed by atoms with Crippen molar-refractivity contribution in [2.75, 3.05) is 18.4 Å². The van der Waals surface area contributed by atoms with Crippen LogP contribution in [0.4, 0.5) is 10.2 Å². The SMILES string of the molecule is CCNc1ncc(F)cc1C(=O)NCC(C)C1CC1. The summed E-state index contributed by atoms with van der Waals surface area (Å²) in [7, 11) is 0. The number of carbonyl (C=O) groups excluding carboxylic acids is 1. The van der Waals surface area contributed by atoms with Gasteiger partial charge >= 0.3 is 0 Å². The standard InChI is InChI=1S/C14H20FN3O/c1-3-16-13-12(6-11(15)8-17-13)14(19)18-7-9(2)10-4-5-10/h6,8-10H,3-5,7H2,1-2H3,(H,16,17)(H,18,19). The highest BCUT2D eigenvalue weighted by Gasteiger charge is 2.28. The van der Waals surface area contributed by atoms with E-state index in [2.05, 4.69) is 22.5 Å². The number of carbonyl (C=O) groups is 1. The molecule has 0 aromatic carbocycles. The van der Waals surface area contributed by atoms with Gasteiger partial charge in [-0.15, -0.1) is 0 Å². The molecule has 19 heavy (non-hydrogen) atoms. The van der Waals surface area contributed by atoms with Gasteiger partial charge in [-0.05, 0) is 37.7 Å². The van der Waals surface area contributed by atoms with Gasteiger partial charge in [0.2, 0.25) is 0 Å². The molecule has 1 aromatic rings. The summed E-state index contributed by atoms with van der Waals surface area (Å²) >= 11 is 0. The van der Waals surface area contributed by atoms with Gasteiger partial charge in [-0.3, -0.25) is 4.79 Å². The Balaban J connectivity index is 2.01. The third-order valence-electron chi connectivity index (χ3n) is 3.45. The van der Waals surface area contributed by atoms with Crippen molar-refractivity contribution in [1.82, 2.24) is 10.3 Å². The van der Waals surface area contributed by atoms with Crippen molar-refractivity contribution < 1.29 is 9.18 Å². The first kappa shape index (κ1) is 13.8. The summed E-state index contributed by atoms with van der Waals surface area (Å²) < 4.78 is 13.2. The van der Waals surface area contributed by atoms with Crippen LogP contribution in [0.1, 0.15) is 37.0 Å². The predicted octanol–water partition coefficient (Wildman–Crippen LogP) is 2.43. The number of anilines is 1. The van der Waals surface area contributed by atoms with Crippen LogP contribution in [0.25, 0.3) is 0 Å². The highest BCUT2D eigenvalue weighted by atomic mass is 19.1. The highest BCUT2D eigenvalue weighted by Crippen LogP contribution is 2.36. The first-order chi connectivity index (χ1) is 9.11. The maximum atomic E-state index is 13.2. The quantitative estimate of drug-likeness (QED) is 0.830. The van der Waals surface area contributed by atoms with Crippen molar-refractivity contribution in [3.05, 3.63) is 23.6 Å². The topological polar surface area (TPSA) is 54.0 Å². The average Bonchev–Trinajstić information content (AvgIpc) is 3.22. The van der Waals surface area contributed by atoms with E-state index in [1.165, 1.54) is 18.9 Å². The second-order valence-electron chi connectivity index (χ2n) is 5.10. The van der Waals surface area contributed by atoms with Crippen LogP contribution in [0.3, 0.4) is 0 Å². The Bertz CT molecular complexity index is 460. The molecule has 1 heterocycles. The molecule has 1 atom stereocenters. The number of nitrogens with one attached hydrogen (secondary N) is 2. The molecule has 1 amide bonds. The summed E-state index contributed by atoms with van der Waals surface area (Å²) in [5.41, 5.74) is 0.268. The minimum atomic E-state index is -0.498. The molecule has 1 saturated carbocycles. The summed E-state index contributed by atoms with van der Waals surface area (Å²) in [6.07, 6.45) is 3.62. The lowest BCUT2D eigenvalue weighted by atomic mass is 10.1. The molecule has 4 nitrogen and oxygen atoms in total. The third kappa shape index (κ3) is 3.66. The number of hydrogen-bond acceptors (Lipinski definition) is 3. The van der Waals surface area contributed by atoms with Crippen LogP contribution < -0.4 is 10.6 Å². The van der Waals surface area contributed by atoms with Crippen LogP contribution >= 0.6 is 0 Å². The largest absolute Gasteiger partial charge is 0.370 e. The molecule has 0 saturated heterocycles. The number of aromatic nitrogens is 1. The maximum Gasteiger partial charge on any atom is 0.255 e. The number of nitrogens with zero attached hydrogens (tertiary/aromatic N) is 1. The summed E-state index contributed by atoms with van der Waals surface area (Å²) in [4.78, 5) is 16.0. The van der Waals surface area contributed by atoms with E-state index in [1.54, 1.807) is 0 Å². The fraction of sp³-hybridized carbons (Fsp3) is 0.571. The Morgan fingerprint density at radius 1 is 1.58 bits per heavy atom. The van der Waals surface area contributed by atoms with E-state index in [0.29, 0.717) is 24.8 Å². The molecule has 2 rings (SSSR count). The molecule has 0 radical (unpaired) electrons. The molecule has 1 aromatic heterocycles. The molecule has 1 unspecified atom stereocenters. The van der Waals surface area contributed by atoms with E-state index in [1.807, 2.05) is 6.92 Å². The van der Waals surface area contributed by atoms with Crippen LogP contribution in [-0.4, -0.2) is 24.0 Å². The number of rotatable bonds is 6. The van der Waals surface area contributed by atoms with Crippen molar-refractivity contribution >= 4 is 11.7 Å². The predicted molar refractivity (Wildman–Crippen MR) is 72.6 cm³/mol. The number of halogens is 1. The first-order valence-electron chi connectivity index (χ1n) is 6.79. The van der Waals surface area contributed by atoms with E-state index in [4.69, 9.17) is 0 Å². The average molecular weight is 265 g/mol. The summed E-state index contributed by atoms with van der Waals surface area (Å²) in [6.45, 7) is 5.30.